The minimum absolute atomic E-state index is 0.148. The molecule has 0 saturated carbocycles. The number of hydrogen-bond donors (Lipinski definition) is 2. The van der Waals surface area contributed by atoms with Gasteiger partial charge in [0.25, 0.3) is 0 Å². The van der Waals surface area contributed by atoms with Crippen LogP contribution < -0.4 is 10.1 Å². The van der Waals surface area contributed by atoms with Gasteiger partial charge >= 0.3 is 0 Å². The summed E-state index contributed by atoms with van der Waals surface area (Å²) in [4.78, 5) is 4.49. The summed E-state index contributed by atoms with van der Waals surface area (Å²) >= 11 is 0. The minimum atomic E-state index is 0.148. The average molecular weight is 302 g/mol. The van der Waals surface area contributed by atoms with Crippen molar-refractivity contribution in [2.75, 3.05) is 19.0 Å². The van der Waals surface area contributed by atoms with Gasteiger partial charge in [0, 0.05) is 6.54 Å². The van der Waals surface area contributed by atoms with E-state index in [4.69, 9.17) is 4.74 Å². The second-order valence-electron chi connectivity index (χ2n) is 4.92. The van der Waals surface area contributed by atoms with Crippen LogP contribution in [0.1, 0.15) is 30.8 Å². The van der Waals surface area contributed by atoms with Crippen molar-refractivity contribution >= 4 is 5.95 Å². The van der Waals surface area contributed by atoms with Crippen molar-refractivity contribution in [3.05, 3.63) is 35.2 Å². The van der Waals surface area contributed by atoms with E-state index < -0.39 is 0 Å². The zero-order valence-electron chi connectivity index (χ0n) is 13.3. The first-order chi connectivity index (χ1) is 10.7. The van der Waals surface area contributed by atoms with Crippen molar-refractivity contribution in [1.82, 2.24) is 15.2 Å². The van der Waals surface area contributed by atoms with Crippen molar-refractivity contribution in [1.29, 1.82) is 0 Å². The third-order valence-electron chi connectivity index (χ3n) is 3.45. The first kappa shape index (κ1) is 16.0. The number of aryl methyl sites for hydroxylation is 2. The third kappa shape index (κ3) is 3.84. The number of hydrogen-bond acceptors (Lipinski definition) is 6. The zero-order valence-corrected chi connectivity index (χ0v) is 13.3. The molecule has 0 amide bonds. The van der Waals surface area contributed by atoms with Gasteiger partial charge in [-0.15, -0.1) is 5.10 Å². The van der Waals surface area contributed by atoms with Gasteiger partial charge in [0.1, 0.15) is 0 Å². The van der Waals surface area contributed by atoms with Gasteiger partial charge in [0.2, 0.25) is 5.95 Å². The summed E-state index contributed by atoms with van der Waals surface area (Å²) in [5.74, 6) is 1.19. The van der Waals surface area contributed by atoms with E-state index in [1.807, 2.05) is 12.1 Å². The Hall–Kier alpha value is -2.37. The van der Waals surface area contributed by atoms with Crippen LogP contribution in [0.4, 0.5) is 5.95 Å². The molecule has 0 aliphatic heterocycles. The Labute approximate surface area is 130 Å². The van der Waals surface area contributed by atoms with Gasteiger partial charge in [-0.1, -0.05) is 19.9 Å². The maximum absolute atomic E-state index is 9.58. The number of nitrogens with zero attached hydrogens (tertiary/aromatic N) is 3. The average Bonchev–Trinajstić information content (AvgIpc) is 2.56. The smallest absolute Gasteiger partial charge is 0.242 e. The zero-order chi connectivity index (χ0) is 15.9. The van der Waals surface area contributed by atoms with E-state index in [2.05, 4.69) is 34.3 Å². The fourth-order valence-corrected chi connectivity index (χ4v) is 2.21. The van der Waals surface area contributed by atoms with E-state index in [1.165, 1.54) is 7.11 Å². The van der Waals surface area contributed by atoms with Gasteiger partial charge in [-0.05, 0) is 37.0 Å². The van der Waals surface area contributed by atoms with Gasteiger partial charge in [0.05, 0.1) is 18.5 Å². The molecule has 0 spiro atoms. The highest BCUT2D eigenvalue weighted by Crippen LogP contribution is 2.26. The van der Waals surface area contributed by atoms with Crippen LogP contribution in [-0.4, -0.2) is 33.9 Å². The quantitative estimate of drug-likeness (QED) is 0.817. The predicted octanol–water partition coefficient (Wildman–Crippen LogP) is 2.37. The number of benzene rings is 1. The lowest BCUT2D eigenvalue weighted by Crippen LogP contribution is -2.12. The number of anilines is 1. The predicted molar refractivity (Wildman–Crippen MR) is 85.4 cm³/mol. The Kier molecular flexibility index (Phi) is 5.52. The molecule has 0 aliphatic rings. The molecule has 0 saturated heterocycles. The van der Waals surface area contributed by atoms with Crippen LogP contribution in [0.2, 0.25) is 0 Å². The molecule has 1 aromatic heterocycles. The molecule has 1 heterocycles. The largest absolute Gasteiger partial charge is 0.504 e. The number of rotatable bonds is 7. The molecule has 0 aliphatic carbocycles. The van der Waals surface area contributed by atoms with Crippen LogP contribution in [0.25, 0.3) is 0 Å². The number of phenolic OH excluding ortho intramolecular Hbond substituents is 1. The van der Waals surface area contributed by atoms with E-state index >= 15 is 0 Å². The molecule has 6 nitrogen and oxygen atoms in total. The van der Waals surface area contributed by atoms with Crippen molar-refractivity contribution in [3.8, 4) is 11.5 Å². The van der Waals surface area contributed by atoms with Crippen LogP contribution in [0, 0.1) is 0 Å². The van der Waals surface area contributed by atoms with E-state index in [0.29, 0.717) is 18.2 Å². The van der Waals surface area contributed by atoms with Gasteiger partial charge in [-0.2, -0.15) is 5.10 Å². The topological polar surface area (TPSA) is 80.2 Å². The summed E-state index contributed by atoms with van der Waals surface area (Å²) in [5.41, 5.74) is 3.01. The molecule has 0 fully saturated rings. The molecule has 0 radical (unpaired) electrons. The molecule has 0 bridgehead atoms. The highest BCUT2D eigenvalue weighted by molar-refractivity contribution is 5.42. The standard InChI is InChI=1S/C16H22N4O2/c1-4-12-13(5-2)19-20-16(18-12)17-9-8-11-6-7-14(21)15(10-11)22-3/h6-7,10,21H,4-5,8-9H2,1-3H3,(H,17,18,20). The van der Waals surface area contributed by atoms with Crippen molar-refractivity contribution in [2.24, 2.45) is 0 Å². The molecule has 0 atom stereocenters. The SMILES string of the molecule is CCc1nnc(NCCc2ccc(O)c(OC)c2)nc1CC. The van der Waals surface area contributed by atoms with Gasteiger partial charge < -0.3 is 15.2 Å². The molecular weight excluding hydrogens is 280 g/mol. The van der Waals surface area contributed by atoms with E-state index in [-0.39, 0.29) is 5.75 Å². The van der Waals surface area contributed by atoms with Crippen molar-refractivity contribution in [2.45, 2.75) is 33.1 Å². The maximum atomic E-state index is 9.58. The molecule has 2 aromatic rings. The highest BCUT2D eigenvalue weighted by Gasteiger charge is 2.06. The van der Waals surface area contributed by atoms with Crippen LogP contribution >= 0.6 is 0 Å². The molecule has 0 unspecified atom stereocenters. The fraction of sp³-hybridized carbons (Fsp3) is 0.438. The minimum Gasteiger partial charge on any atom is -0.504 e. The highest BCUT2D eigenvalue weighted by atomic mass is 16.5. The molecule has 2 N–H and O–H groups in total. The Bertz CT molecular complexity index is 632. The molecule has 2 rings (SSSR count). The molecular formula is C16H22N4O2. The van der Waals surface area contributed by atoms with Crippen LogP contribution in [0.15, 0.2) is 18.2 Å². The van der Waals surface area contributed by atoms with Crippen molar-refractivity contribution in [3.63, 3.8) is 0 Å². The van der Waals surface area contributed by atoms with Crippen LogP contribution in [0.3, 0.4) is 0 Å². The van der Waals surface area contributed by atoms with E-state index in [0.717, 1.165) is 36.2 Å². The molecule has 1 aromatic carbocycles. The molecule has 22 heavy (non-hydrogen) atoms. The summed E-state index contributed by atoms with van der Waals surface area (Å²) < 4.78 is 5.10. The van der Waals surface area contributed by atoms with Crippen molar-refractivity contribution < 1.29 is 9.84 Å². The Morgan fingerprint density at radius 3 is 2.59 bits per heavy atom. The summed E-state index contributed by atoms with van der Waals surface area (Å²) in [6.45, 7) is 4.80. The Morgan fingerprint density at radius 2 is 1.91 bits per heavy atom. The molecule has 118 valence electrons. The second-order valence-corrected chi connectivity index (χ2v) is 4.92. The number of ether oxygens (including phenoxy) is 1. The number of phenols is 1. The van der Waals surface area contributed by atoms with Crippen LogP contribution in [-0.2, 0) is 19.3 Å². The number of aromatic hydroxyl groups is 1. The maximum Gasteiger partial charge on any atom is 0.242 e. The van der Waals surface area contributed by atoms with Gasteiger partial charge in [-0.3, -0.25) is 0 Å². The lowest BCUT2D eigenvalue weighted by Gasteiger charge is -2.09. The number of aromatic nitrogens is 3. The first-order valence-corrected chi connectivity index (χ1v) is 7.50. The summed E-state index contributed by atoms with van der Waals surface area (Å²) in [6.07, 6.45) is 2.47. The monoisotopic (exact) mass is 302 g/mol. The summed E-state index contributed by atoms with van der Waals surface area (Å²) in [6, 6.07) is 5.33. The number of methoxy groups -OCH3 is 1. The fourth-order valence-electron chi connectivity index (χ4n) is 2.21. The lowest BCUT2D eigenvalue weighted by atomic mass is 10.1. The number of nitrogens with one attached hydrogen (secondary N) is 1. The third-order valence-corrected chi connectivity index (χ3v) is 3.45. The Balaban J connectivity index is 1.96. The van der Waals surface area contributed by atoms with E-state index in [1.54, 1.807) is 6.07 Å². The van der Waals surface area contributed by atoms with Crippen LogP contribution in [0.5, 0.6) is 11.5 Å². The lowest BCUT2D eigenvalue weighted by molar-refractivity contribution is 0.373. The van der Waals surface area contributed by atoms with E-state index in [9.17, 15) is 5.11 Å². The van der Waals surface area contributed by atoms with Gasteiger partial charge in [-0.25, -0.2) is 4.98 Å². The summed E-state index contributed by atoms with van der Waals surface area (Å²) in [7, 11) is 1.54. The molecule has 6 heteroatoms. The first-order valence-electron chi connectivity index (χ1n) is 7.50. The summed E-state index contributed by atoms with van der Waals surface area (Å²) in [5, 5.41) is 21.1. The second kappa shape index (κ2) is 7.59. The Morgan fingerprint density at radius 1 is 1.14 bits per heavy atom. The normalized spacial score (nSPS) is 10.5. The van der Waals surface area contributed by atoms with Gasteiger partial charge in [0.15, 0.2) is 11.5 Å².